The molecule has 2 fully saturated rings. The van der Waals surface area contributed by atoms with Gasteiger partial charge in [0.25, 0.3) is 11.2 Å². The molecule has 0 spiro atoms. The highest BCUT2D eigenvalue weighted by Gasteiger charge is 2.67. The SMILES string of the molecule is COC(C(=O)O[C@@H]1[C@@H]2OC(C)(C)OC[C@H]2OC[C@@H]1OC(=O)[C@@](OC)(c1ccccc1)C(F)(F)F)(c1ccccc1)C(F)(F)F. The van der Waals surface area contributed by atoms with Crippen molar-refractivity contribution in [3.63, 3.8) is 0 Å². The van der Waals surface area contributed by atoms with E-state index < -0.39 is 83.4 Å². The summed E-state index contributed by atoms with van der Waals surface area (Å²) in [5.41, 5.74) is -8.58. The molecule has 2 saturated heterocycles. The van der Waals surface area contributed by atoms with E-state index in [1.165, 1.54) is 50.2 Å². The molecule has 2 aromatic rings. The molecule has 0 aromatic heterocycles. The molecule has 242 valence electrons. The van der Waals surface area contributed by atoms with Crippen molar-refractivity contribution in [2.75, 3.05) is 27.4 Å². The van der Waals surface area contributed by atoms with Gasteiger partial charge in [0.1, 0.15) is 12.2 Å². The van der Waals surface area contributed by atoms with Crippen LogP contribution < -0.4 is 0 Å². The molecule has 44 heavy (non-hydrogen) atoms. The first-order valence-electron chi connectivity index (χ1n) is 13.2. The normalized spacial score (nSPS) is 26.4. The second kappa shape index (κ2) is 12.3. The van der Waals surface area contributed by atoms with E-state index in [0.717, 1.165) is 24.3 Å². The lowest BCUT2D eigenvalue weighted by atomic mass is 9.91. The number of carbonyl (C=O) groups excluding carboxylic acids is 2. The first-order valence-corrected chi connectivity index (χ1v) is 13.2. The van der Waals surface area contributed by atoms with Gasteiger partial charge in [0.2, 0.25) is 0 Å². The van der Waals surface area contributed by atoms with E-state index in [0.29, 0.717) is 14.2 Å². The average Bonchev–Trinajstić information content (AvgIpc) is 2.95. The Balaban J connectivity index is 1.77. The van der Waals surface area contributed by atoms with Crippen molar-refractivity contribution < 1.29 is 69.1 Å². The Morgan fingerprint density at radius 1 is 0.750 bits per heavy atom. The number of methoxy groups -OCH3 is 2. The molecular formula is C29H30F6O9. The van der Waals surface area contributed by atoms with Gasteiger partial charge in [-0.1, -0.05) is 60.7 Å². The minimum atomic E-state index is -5.37. The van der Waals surface area contributed by atoms with Crippen LogP contribution in [-0.2, 0) is 53.9 Å². The Hall–Kier alpha value is -3.24. The fourth-order valence-corrected chi connectivity index (χ4v) is 5.21. The average molecular weight is 637 g/mol. The molecule has 0 amide bonds. The first-order chi connectivity index (χ1) is 20.5. The maximum atomic E-state index is 14.6. The Morgan fingerprint density at radius 2 is 1.20 bits per heavy atom. The maximum absolute atomic E-state index is 14.6. The topological polar surface area (TPSA) is 98.8 Å². The van der Waals surface area contributed by atoms with Crippen LogP contribution in [0, 0.1) is 0 Å². The molecule has 0 bridgehead atoms. The summed E-state index contributed by atoms with van der Waals surface area (Å²) in [6.45, 7) is 2.02. The number of hydrogen-bond donors (Lipinski definition) is 0. The molecule has 2 aliphatic rings. The number of hydrogen-bond acceptors (Lipinski definition) is 9. The summed E-state index contributed by atoms with van der Waals surface area (Å²) in [4.78, 5) is 27.0. The summed E-state index contributed by atoms with van der Waals surface area (Å²) >= 11 is 0. The van der Waals surface area contributed by atoms with Crippen molar-refractivity contribution in [2.24, 2.45) is 0 Å². The number of fused-ring (bicyclic) bond motifs is 1. The summed E-state index contributed by atoms with van der Waals surface area (Å²) in [6, 6.07) is 11.8. The fraction of sp³-hybridized carbons (Fsp3) is 0.517. The zero-order chi connectivity index (χ0) is 32.6. The minimum absolute atomic E-state index is 0.186. The Labute approximate surface area is 248 Å². The van der Waals surface area contributed by atoms with Gasteiger partial charge >= 0.3 is 24.3 Å². The number of ether oxygens (including phenoxy) is 7. The molecule has 2 aliphatic heterocycles. The van der Waals surface area contributed by atoms with Crippen LogP contribution in [0.25, 0.3) is 0 Å². The second-order valence-corrected chi connectivity index (χ2v) is 10.5. The van der Waals surface area contributed by atoms with E-state index in [4.69, 9.17) is 33.2 Å². The monoisotopic (exact) mass is 636 g/mol. The van der Waals surface area contributed by atoms with Crippen molar-refractivity contribution in [3.8, 4) is 0 Å². The summed E-state index contributed by atoms with van der Waals surface area (Å²) < 4.78 is 125. The Morgan fingerprint density at radius 3 is 1.64 bits per heavy atom. The summed E-state index contributed by atoms with van der Waals surface area (Å²) in [5, 5.41) is 0. The highest BCUT2D eigenvalue weighted by molar-refractivity contribution is 5.84. The quantitative estimate of drug-likeness (QED) is 0.305. The summed E-state index contributed by atoms with van der Waals surface area (Å²) in [6.07, 6.45) is -17.0. The predicted molar refractivity (Wildman–Crippen MR) is 137 cm³/mol. The third-order valence-electron chi connectivity index (χ3n) is 7.39. The molecule has 2 aromatic carbocycles. The lowest BCUT2D eigenvalue weighted by Gasteiger charge is -2.48. The predicted octanol–water partition coefficient (Wildman–Crippen LogP) is 4.57. The van der Waals surface area contributed by atoms with Gasteiger partial charge < -0.3 is 33.2 Å². The molecule has 9 nitrogen and oxygen atoms in total. The van der Waals surface area contributed by atoms with E-state index in [2.05, 4.69) is 0 Å². The van der Waals surface area contributed by atoms with E-state index >= 15 is 0 Å². The van der Waals surface area contributed by atoms with Gasteiger partial charge in [-0.2, -0.15) is 26.3 Å². The molecule has 0 saturated carbocycles. The van der Waals surface area contributed by atoms with E-state index in [9.17, 15) is 35.9 Å². The number of benzene rings is 2. The van der Waals surface area contributed by atoms with Gasteiger partial charge in [-0.15, -0.1) is 0 Å². The van der Waals surface area contributed by atoms with Crippen LogP contribution in [-0.4, -0.2) is 81.9 Å². The first kappa shape index (κ1) is 33.6. The number of rotatable bonds is 8. The fourth-order valence-electron chi connectivity index (χ4n) is 5.21. The zero-order valence-electron chi connectivity index (χ0n) is 23.9. The van der Waals surface area contributed by atoms with Crippen LogP contribution >= 0.6 is 0 Å². The van der Waals surface area contributed by atoms with E-state index in [-0.39, 0.29) is 6.61 Å². The lowest BCUT2D eigenvalue weighted by Crippen LogP contribution is -2.65. The Bertz CT molecular complexity index is 1300. The number of alkyl halides is 6. The third-order valence-corrected chi connectivity index (χ3v) is 7.39. The van der Waals surface area contributed by atoms with Gasteiger partial charge in [0.15, 0.2) is 18.0 Å². The van der Waals surface area contributed by atoms with Crippen LogP contribution in [0.3, 0.4) is 0 Å². The highest BCUT2D eigenvalue weighted by Crippen LogP contribution is 2.46. The zero-order valence-corrected chi connectivity index (χ0v) is 23.9. The van der Waals surface area contributed by atoms with Crippen LogP contribution in [0.15, 0.2) is 60.7 Å². The third kappa shape index (κ3) is 5.90. The largest absolute Gasteiger partial charge is 0.453 e. The van der Waals surface area contributed by atoms with Gasteiger partial charge in [-0.05, 0) is 13.8 Å². The van der Waals surface area contributed by atoms with Crippen LogP contribution in [0.5, 0.6) is 0 Å². The van der Waals surface area contributed by atoms with Crippen molar-refractivity contribution in [3.05, 3.63) is 71.8 Å². The maximum Gasteiger partial charge on any atom is 0.432 e. The molecular weight excluding hydrogens is 606 g/mol. The molecule has 0 N–H and O–H groups in total. The van der Waals surface area contributed by atoms with Crippen molar-refractivity contribution in [2.45, 2.75) is 67.6 Å². The van der Waals surface area contributed by atoms with Crippen molar-refractivity contribution >= 4 is 11.9 Å². The summed E-state index contributed by atoms with van der Waals surface area (Å²) in [5.74, 6) is -5.35. The van der Waals surface area contributed by atoms with E-state index in [1.54, 1.807) is 0 Å². The molecule has 4 rings (SSSR count). The van der Waals surface area contributed by atoms with Gasteiger partial charge in [-0.25, -0.2) is 9.59 Å². The van der Waals surface area contributed by atoms with Crippen molar-refractivity contribution in [1.82, 2.24) is 0 Å². The molecule has 1 unspecified atom stereocenters. The standard InChI is InChI=1S/C29H30F6O9/c1-25(2)41-16-19-22(44-25)21(43-24(37)27(39-4,29(33,34)35)18-13-9-6-10-14-18)20(15-40-19)42-23(36)26(38-3,28(30,31)32)17-11-7-5-8-12-17/h5-14,19-22H,15-16H2,1-4H3/t19-,20+,21+,22-,26+,27?/m1/s1. The number of carbonyl (C=O) groups is 2. The van der Waals surface area contributed by atoms with Gasteiger partial charge in [0.05, 0.1) is 13.2 Å². The highest BCUT2D eigenvalue weighted by atomic mass is 19.4. The van der Waals surface area contributed by atoms with Gasteiger partial charge in [-0.3, -0.25) is 0 Å². The van der Waals surface area contributed by atoms with E-state index in [1.807, 2.05) is 0 Å². The molecule has 15 heteroatoms. The number of esters is 2. The molecule has 6 atom stereocenters. The van der Waals surface area contributed by atoms with Crippen molar-refractivity contribution in [1.29, 1.82) is 0 Å². The lowest BCUT2D eigenvalue weighted by molar-refractivity contribution is -0.353. The Kier molecular flexibility index (Phi) is 9.39. The molecule has 0 aliphatic carbocycles. The van der Waals surface area contributed by atoms with Gasteiger partial charge in [0, 0.05) is 25.3 Å². The smallest absolute Gasteiger partial charge is 0.432 e. The van der Waals surface area contributed by atoms with Crippen LogP contribution in [0.2, 0.25) is 0 Å². The van der Waals surface area contributed by atoms with Crippen LogP contribution in [0.4, 0.5) is 26.3 Å². The minimum Gasteiger partial charge on any atom is -0.453 e. The van der Waals surface area contributed by atoms with Crippen LogP contribution in [0.1, 0.15) is 25.0 Å². The summed E-state index contributed by atoms with van der Waals surface area (Å²) in [7, 11) is 1.29. The molecule has 2 heterocycles. The second-order valence-electron chi connectivity index (χ2n) is 10.5. The number of halogens is 6. The molecule has 0 radical (unpaired) electrons.